The van der Waals surface area contributed by atoms with E-state index in [4.69, 9.17) is 20.2 Å². The molecule has 0 aliphatic carbocycles. The minimum atomic E-state index is -0.656. The van der Waals surface area contributed by atoms with Gasteiger partial charge in [0.25, 0.3) is 11.8 Å². The van der Waals surface area contributed by atoms with Gasteiger partial charge in [-0.05, 0) is 56.4 Å². The summed E-state index contributed by atoms with van der Waals surface area (Å²) in [6.45, 7) is 7.99. The Balaban J connectivity index is 1.35. The predicted octanol–water partition coefficient (Wildman–Crippen LogP) is 4.37. The lowest BCUT2D eigenvalue weighted by Gasteiger charge is -2.34. The SMILES string of the molecule is CCCOc1nc(N2CCC[C@@H](CC(=O)Cc3ncc(C)s3)C2)cc(Nc2ccc(C(=O)N3CCOCC3)cc2)c1C(N)=O. The highest BCUT2D eigenvalue weighted by atomic mass is 32.1. The predicted molar refractivity (Wildman–Crippen MR) is 170 cm³/mol. The van der Waals surface area contributed by atoms with Crippen LogP contribution in [-0.4, -0.2) is 78.5 Å². The van der Waals surface area contributed by atoms with E-state index in [2.05, 4.69) is 15.2 Å². The Kier molecular flexibility index (Phi) is 10.4. The quantitative estimate of drug-likeness (QED) is 0.302. The van der Waals surface area contributed by atoms with Crippen molar-refractivity contribution in [3.63, 3.8) is 0 Å². The first-order valence-electron chi connectivity index (χ1n) is 15.2. The molecule has 1 atom stereocenters. The van der Waals surface area contributed by atoms with Crippen molar-refractivity contribution in [2.45, 2.75) is 46.0 Å². The zero-order valence-corrected chi connectivity index (χ0v) is 26.2. The van der Waals surface area contributed by atoms with Crippen LogP contribution in [0.1, 0.15) is 63.2 Å². The maximum absolute atomic E-state index is 12.9. The number of primary amides is 1. The number of ketones is 1. The van der Waals surface area contributed by atoms with Gasteiger partial charge in [-0.25, -0.2) is 4.98 Å². The van der Waals surface area contributed by atoms with E-state index in [9.17, 15) is 14.4 Å². The van der Waals surface area contributed by atoms with E-state index in [1.807, 2.05) is 19.9 Å². The summed E-state index contributed by atoms with van der Waals surface area (Å²) in [6.07, 6.45) is 5.26. The standard InChI is InChI=1S/C32H40N6O5S/c1-3-13-43-31-29(30(33)40)26(35-24-8-6-23(7-9-24)32(41)37-11-14-42-15-12-37)18-27(36-31)38-10-4-5-22(20-38)16-25(39)17-28-34-19-21(2)44-28/h6-9,18-19,22H,3-5,10-17,20H2,1-2H3,(H2,33,40)(H,35,36)/t22-/m0/s1. The van der Waals surface area contributed by atoms with Crippen LogP contribution in [0.3, 0.4) is 0 Å². The highest BCUT2D eigenvalue weighted by Crippen LogP contribution is 2.34. The van der Waals surface area contributed by atoms with Crippen LogP contribution in [0.25, 0.3) is 0 Å². The third kappa shape index (κ3) is 7.92. The normalized spacial score (nSPS) is 16.9. The Morgan fingerprint density at radius 3 is 2.61 bits per heavy atom. The summed E-state index contributed by atoms with van der Waals surface area (Å²) in [5, 5.41) is 4.17. The molecule has 0 radical (unpaired) electrons. The zero-order chi connectivity index (χ0) is 31.1. The molecule has 0 saturated carbocycles. The van der Waals surface area contributed by atoms with Gasteiger partial charge < -0.3 is 30.3 Å². The first-order chi connectivity index (χ1) is 21.3. The molecular weight excluding hydrogens is 580 g/mol. The fourth-order valence-electron chi connectivity index (χ4n) is 5.60. The number of amides is 2. The summed E-state index contributed by atoms with van der Waals surface area (Å²) < 4.78 is 11.3. The summed E-state index contributed by atoms with van der Waals surface area (Å²) >= 11 is 1.56. The molecule has 4 heterocycles. The van der Waals surface area contributed by atoms with Crippen LogP contribution in [-0.2, 0) is 16.0 Å². The van der Waals surface area contributed by atoms with Gasteiger partial charge in [-0.1, -0.05) is 6.92 Å². The molecule has 0 bridgehead atoms. The van der Waals surface area contributed by atoms with Gasteiger partial charge in [0.2, 0.25) is 5.88 Å². The molecule has 44 heavy (non-hydrogen) atoms. The first kappa shape index (κ1) is 31.4. The number of aromatic nitrogens is 2. The lowest BCUT2D eigenvalue weighted by Crippen LogP contribution is -2.40. The molecule has 234 valence electrons. The molecule has 0 spiro atoms. The maximum atomic E-state index is 12.9. The van der Waals surface area contributed by atoms with Crippen LogP contribution >= 0.6 is 11.3 Å². The number of anilines is 3. The monoisotopic (exact) mass is 620 g/mol. The third-order valence-electron chi connectivity index (χ3n) is 7.75. The molecule has 2 saturated heterocycles. The van der Waals surface area contributed by atoms with E-state index in [1.54, 1.807) is 46.7 Å². The third-order valence-corrected chi connectivity index (χ3v) is 8.66. The number of carbonyl (C=O) groups excluding carboxylic acids is 3. The minimum absolute atomic E-state index is 0.0426. The minimum Gasteiger partial charge on any atom is -0.477 e. The van der Waals surface area contributed by atoms with Crippen LogP contribution in [0.5, 0.6) is 5.88 Å². The fraction of sp³-hybridized carbons (Fsp3) is 0.469. The Hall–Kier alpha value is -4.03. The lowest BCUT2D eigenvalue weighted by atomic mass is 9.92. The summed E-state index contributed by atoms with van der Waals surface area (Å²) in [4.78, 5) is 52.5. The van der Waals surface area contributed by atoms with Crippen LogP contribution in [0.2, 0.25) is 0 Å². The molecule has 0 unspecified atom stereocenters. The maximum Gasteiger partial charge on any atom is 0.256 e. The molecule has 2 aliphatic rings. The highest BCUT2D eigenvalue weighted by Gasteiger charge is 2.27. The number of hydrogen-bond donors (Lipinski definition) is 2. The summed E-state index contributed by atoms with van der Waals surface area (Å²) in [5.74, 6) is 0.498. The van der Waals surface area contributed by atoms with Gasteiger partial charge in [0.1, 0.15) is 22.2 Å². The second-order valence-corrected chi connectivity index (χ2v) is 12.6. The largest absolute Gasteiger partial charge is 0.477 e. The van der Waals surface area contributed by atoms with Crippen molar-refractivity contribution in [1.82, 2.24) is 14.9 Å². The summed E-state index contributed by atoms with van der Waals surface area (Å²) in [7, 11) is 0. The van der Waals surface area contributed by atoms with E-state index in [-0.39, 0.29) is 29.1 Å². The number of hydrogen-bond acceptors (Lipinski definition) is 10. The number of nitrogens with one attached hydrogen (secondary N) is 1. The van der Waals surface area contributed by atoms with Gasteiger partial charge in [-0.3, -0.25) is 14.4 Å². The number of morpholine rings is 1. The number of rotatable bonds is 12. The second-order valence-electron chi connectivity index (χ2n) is 11.3. The van der Waals surface area contributed by atoms with Crippen molar-refractivity contribution in [1.29, 1.82) is 0 Å². The van der Waals surface area contributed by atoms with Gasteiger partial charge in [0.05, 0.1) is 31.9 Å². The molecular formula is C32H40N6O5S. The van der Waals surface area contributed by atoms with Crippen molar-refractivity contribution in [3.05, 3.63) is 57.5 Å². The number of pyridine rings is 1. The van der Waals surface area contributed by atoms with E-state index in [0.29, 0.717) is 75.1 Å². The molecule has 2 aromatic heterocycles. The number of ether oxygens (including phenoxy) is 2. The molecule has 2 amide bonds. The van der Waals surface area contributed by atoms with E-state index in [0.717, 1.165) is 35.7 Å². The van der Waals surface area contributed by atoms with Crippen molar-refractivity contribution < 1.29 is 23.9 Å². The molecule has 1 aromatic carbocycles. The van der Waals surface area contributed by atoms with Crippen molar-refractivity contribution in [3.8, 4) is 5.88 Å². The average Bonchev–Trinajstić information content (AvgIpc) is 3.44. The first-order valence-corrected chi connectivity index (χ1v) is 16.0. The lowest BCUT2D eigenvalue weighted by molar-refractivity contribution is -0.119. The summed E-state index contributed by atoms with van der Waals surface area (Å²) in [5.41, 5.74) is 7.74. The molecule has 2 aliphatic heterocycles. The van der Waals surface area contributed by atoms with E-state index in [1.165, 1.54) is 0 Å². The van der Waals surface area contributed by atoms with Crippen molar-refractivity contribution in [2.75, 3.05) is 56.2 Å². The molecule has 5 rings (SSSR count). The Morgan fingerprint density at radius 1 is 1.16 bits per heavy atom. The zero-order valence-electron chi connectivity index (χ0n) is 25.3. The van der Waals surface area contributed by atoms with Crippen molar-refractivity contribution >= 4 is 46.1 Å². The number of benzene rings is 1. The molecule has 3 N–H and O–H groups in total. The fourth-order valence-corrected chi connectivity index (χ4v) is 6.41. The number of thiazole rings is 1. The van der Waals surface area contributed by atoms with Gasteiger partial charge in [-0.2, -0.15) is 4.98 Å². The van der Waals surface area contributed by atoms with E-state index >= 15 is 0 Å². The Bertz CT molecular complexity index is 1470. The number of carbonyl (C=O) groups is 3. The highest BCUT2D eigenvalue weighted by molar-refractivity contribution is 7.11. The topological polar surface area (TPSA) is 140 Å². The van der Waals surface area contributed by atoms with Gasteiger partial charge in [-0.15, -0.1) is 11.3 Å². The van der Waals surface area contributed by atoms with Crippen LogP contribution < -0.4 is 20.7 Å². The van der Waals surface area contributed by atoms with E-state index < -0.39 is 5.91 Å². The number of nitrogens with two attached hydrogens (primary N) is 1. The molecule has 2 fully saturated rings. The smallest absolute Gasteiger partial charge is 0.256 e. The van der Waals surface area contributed by atoms with Gasteiger partial charge >= 0.3 is 0 Å². The second kappa shape index (κ2) is 14.6. The number of nitrogens with zero attached hydrogens (tertiary/aromatic N) is 4. The molecule has 12 heteroatoms. The number of aryl methyl sites for hydroxylation is 1. The summed E-state index contributed by atoms with van der Waals surface area (Å²) in [6, 6.07) is 8.95. The number of Topliss-reactive ketones (excluding diaryl/α,β-unsaturated/α-hetero) is 1. The van der Waals surface area contributed by atoms with Crippen LogP contribution in [0, 0.1) is 12.8 Å². The molecule has 11 nitrogen and oxygen atoms in total. The average molecular weight is 621 g/mol. The van der Waals surface area contributed by atoms with Gasteiger partial charge in [0.15, 0.2) is 0 Å². The Labute approximate surface area is 261 Å². The number of piperidine rings is 1. The van der Waals surface area contributed by atoms with Gasteiger partial charge in [0, 0.05) is 61.0 Å². The van der Waals surface area contributed by atoms with Crippen molar-refractivity contribution in [2.24, 2.45) is 11.7 Å². The van der Waals surface area contributed by atoms with Crippen LogP contribution in [0.4, 0.5) is 17.2 Å². The van der Waals surface area contributed by atoms with Crippen LogP contribution in [0.15, 0.2) is 36.5 Å². The Morgan fingerprint density at radius 2 is 1.93 bits per heavy atom. The molecule has 3 aromatic rings.